The van der Waals surface area contributed by atoms with E-state index in [0.29, 0.717) is 12.2 Å². The third-order valence-corrected chi connectivity index (χ3v) is 4.99. The molecule has 0 unspecified atom stereocenters. The van der Waals surface area contributed by atoms with E-state index in [1.807, 2.05) is 30.3 Å². The minimum absolute atomic E-state index is 0.0390. The molecular weight excluding hydrogens is 296 g/mol. The van der Waals surface area contributed by atoms with Crippen LogP contribution in [0.3, 0.4) is 0 Å². The van der Waals surface area contributed by atoms with Gasteiger partial charge in [0.05, 0.1) is 5.56 Å². The Balaban J connectivity index is 1.69. The molecular formula is C22H26O2. The van der Waals surface area contributed by atoms with E-state index in [9.17, 15) is 4.79 Å². The van der Waals surface area contributed by atoms with Gasteiger partial charge < -0.3 is 4.74 Å². The van der Waals surface area contributed by atoms with Gasteiger partial charge in [0.25, 0.3) is 0 Å². The molecule has 0 aliphatic heterocycles. The zero-order valence-electron chi connectivity index (χ0n) is 15.1. The van der Waals surface area contributed by atoms with Gasteiger partial charge in [-0.1, -0.05) is 57.2 Å². The molecule has 2 heteroatoms. The van der Waals surface area contributed by atoms with Gasteiger partial charge in [-0.2, -0.15) is 0 Å². The summed E-state index contributed by atoms with van der Waals surface area (Å²) in [5, 5.41) is 0. The predicted molar refractivity (Wildman–Crippen MR) is 97.5 cm³/mol. The first-order valence-electron chi connectivity index (χ1n) is 8.66. The van der Waals surface area contributed by atoms with Crippen molar-refractivity contribution in [3.05, 3.63) is 70.8 Å². The van der Waals surface area contributed by atoms with Crippen molar-refractivity contribution in [3.63, 3.8) is 0 Å². The van der Waals surface area contributed by atoms with Crippen LogP contribution in [0.2, 0.25) is 0 Å². The Labute approximate surface area is 144 Å². The van der Waals surface area contributed by atoms with Crippen LogP contribution in [0.15, 0.2) is 48.5 Å². The average molecular weight is 322 g/mol. The molecule has 2 nitrogen and oxygen atoms in total. The topological polar surface area (TPSA) is 26.3 Å². The van der Waals surface area contributed by atoms with Gasteiger partial charge in [0.15, 0.2) is 0 Å². The van der Waals surface area contributed by atoms with Crippen molar-refractivity contribution >= 4 is 5.97 Å². The lowest BCUT2D eigenvalue weighted by Gasteiger charge is -2.22. The summed E-state index contributed by atoms with van der Waals surface area (Å²) in [5.41, 5.74) is 4.44. The highest BCUT2D eigenvalue weighted by atomic mass is 16.5. The van der Waals surface area contributed by atoms with Crippen molar-refractivity contribution < 1.29 is 9.53 Å². The molecule has 0 heterocycles. The van der Waals surface area contributed by atoms with Gasteiger partial charge in [0.1, 0.15) is 6.61 Å². The first kappa shape index (κ1) is 16.8. The van der Waals surface area contributed by atoms with Crippen molar-refractivity contribution in [1.29, 1.82) is 0 Å². The summed E-state index contributed by atoms with van der Waals surface area (Å²) in [7, 11) is 0. The predicted octanol–water partition coefficient (Wildman–Crippen LogP) is 5.18. The molecule has 0 amide bonds. The molecule has 2 aromatic rings. The summed E-state index contributed by atoms with van der Waals surface area (Å²) >= 11 is 0. The van der Waals surface area contributed by atoms with Crippen LogP contribution in [0.5, 0.6) is 0 Å². The molecule has 1 fully saturated rings. The van der Waals surface area contributed by atoms with Crippen molar-refractivity contribution in [2.24, 2.45) is 0 Å². The fourth-order valence-electron chi connectivity index (χ4n) is 3.38. The number of aryl methyl sites for hydroxylation is 1. The van der Waals surface area contributed by atoms with Crippen LogP contribution in [0.25, 0.3) is 0 Å². The highest BCUT2D eigenvalue weighted by Gasteiger charge is 2.45. The molecule has 2 aromatic carbocycles. The Kier molecular flexibility index (Phi) is 4.25. The quantitative estimate of drug-likeness (QED) is 0.725. The van der Waals surface area contributed by atoms with E-state index in [-0.39, 0.29) is 16.8 Å². The number of hydrogen-bond donors (Lipinski definition) is 0. The molecule has 0 N–H and O–H groups in total. The first-order valence-corrected chi connectivity index (χ1v) is 8.66. The van der Waals surface area contributed by atoms with E-state index in [2.05, 4.69) is 45.9 Å². The lowest BCUT2D eigenvalue weighted by molar-refractivity contribution is 0.0465. The summed E-state index contributed by atoms with van der Waals surface area (Å²) < 4.78 is 5.65. The number of carbonyl (C=O) groups excluding carboxylic acids is 1. The summed E-state index contributed by atoms with van der Waals surface area (Å²) in [5.74, 6) is -0.222. The summed E-state index contributed by atoms with van der Waals surface area (Å²) in [6.07, 6.45) is 2.18. The lowest BCUT2D eigenvalue weighted by atomic mass is 9.83. The molecule has 1 aliphatic carbocycles. The van der Waals surface area contributed by atoms with Crippen LogP contribution in [-0.4, -0.2) is 12.6 Å². The SMILES string of the molecule is Cc1cc(C(=O)OCC2(c3ccccc3)CC2)ccc1C(C)(C)C. The second-order valence-electron chi connectivity index (χ2n) is 8.00. The minimum atomic E-state index is -0.222. The van der Waals surface area contributed by atoms with Gasteiger partial charge in [0.2, 0.25) is 0 Å². The largest absolute Gasteiger partial charge is 0.461 e. The summed E-state index contributed by atoms with van der Waals surface area (Å²) in [4.78, 5) is 12.4. The molecule has 1 aliphatic rings. The number of ether oxygens (including phenoxy) is 1. The summed E-state index contributed by atoms with van der Waals surface area (Å²) in [6, 6.07) is 16.3. The normalized spacial score (nSPS) is 15.8. The maximum Gasteiger partial charge on any atom is 0.338 e. The molecule has 0 aromatic heterocycles. The Morgan fingerprint density at radius 2 is 1.75 bits per heavy atom. The molecule has 0 spiro atoms. The first-order chi connectivity index (χ1) is 11.3. The zero-order chi connectivity index (χ0) is 17.4. The fourth-order valence-corrected chi connectivity index (χ4v) is 3.38. The molecule has 24 heavy (non-hydrogen) atoms. The van der Waals surface area contributed by atoms with E-state index < -0.39 is 0 Å². The van der Waals surface area contributed by atoms with Crippen LogP contribution in [0.4, 0.5) is 0 Å². The molecule has 0 saturated heterocycles. The van der Waals surface area contributed by atoms with Crippen LogP contribution >= 0.6 is 0 Å². The van der Waals surface area contributed by atoms with Gasteiger partial charge >= 0.3 is 5.97 Å². The molecule has 3 rings (SSSR count). The Morgan fingerprint density at radius 1 is 1.08 bits per heavy atom. The average Bonchev–Trinajstić information content (AvgIpc) is 3.33. The monoisotopic (exact) mass is 322 g/mol. The molecule has 1 saturated carbocycles. The van der Waals surface area contributed by atoms with Crippen LogP contribution < -0.4 is 0 Å². The zero-order valence-corrected chi connectivity index (χ0v) is 15.1. The second-order valence-corrected chi connectivity index (χ2v) is 8.00. The van der Waals surface area contributed by atoms with Gasteiger partial charge in [-0.3, -0.25) is 0 Å². The van der Waals surface area contributed by atoms with Crippen LogP contribution in [0.1, 0.15) is 60.7 Å². The highest BCUT2D eigenvalue weighted by Crippen LogP contribution is 2.48. The fraction of sp³-hybridized carbons (Fsp3) is 0.409. The Morgan fingerprint density at radius 3 is 2.29 bits per heavy atom. The molecule has 126 valence electrons. The Hall–Kier alpha value is -2.09. The van der Waals surface area contributed by atoms with E-state index >= 15 is 0 Å². The van der Waals surface area contributed by atoms with Crippen molar-refractivity contribution in [3.8, 4) is 0 Å². The third-order valence-electron chi connectivity index (χ3n) is 4.99. The minimum Gasteiger partial charge on any atom is -0.461 e. The van der Waals surface area contributed by atoms with E-state index in [1.165, 1.54) is 11.1 Å². The highest BCUT2D eigenvalue weighted by molar-refractivity contribution is 5.89. The number of hydrogen-bond acceptors (Lipinski definition) is 2. The van der Waals surface area contributed by atoms with Crippen molar-refractivity contribution in [1.82, 2.24) is 0 Å². The molecule has 0 atom stereocenters. The maximum absolute atomic E-state index is 12.4. The summed E-state index contributed by atoms with van der Waals surface area (Å²) in [6.45, 7) is 9.08. The van der Waals surface area contributed by atoms with Gasteiger partial charge in [-0.15, -0.1) is 0 Å². The van der Waals surface area contributed by atoms with Crippen molar-refractivity contribution in [2.75, 3.05) is 6.61 Å². The lowest BCUT2D eigenvalue weighted by Crippen LogP contribution is -2.19. The second kappa shape index (κ2) is 6.08. The van der Waals surface area contributed by atoms with Gasteiger partial charge in [-0.05, 0) is 54.0 Å². The van der Waals surface area contributed by atoms with Crippen LogP contribution in [0, 0.1) is 6.92 Å². The Bertz CT molecular complexity index is 734. The number of esters is 1. The number of rotatable bonds is 4. The van der Waals surface area contributed by atoms with E-state index in [0.717, 1.165) is 18.4 Å². The van der Waals surface area contributed by atoms with E-state index in [1.54, 1.807) is 0 Å². The molecule has 0 radical (unpaired) electrons. The van der Waals surface area contributed by atoms with Gasteiger partial charge in [-0.25, -0.2) is 4.79 Å². The third kappa shape index (κ3) is 3.38. The van der Waals surface area contributed by atoms with Gasteiger partial charge in [0, 0.05) is 5.41 Å². The smallest absolute Gasteiger partial charge is 0.338 e. The molecule has 0 bridgehead atoms. The number of carbonyl (C=O) groups is 1. The number of benzene rings is 2. The van der Waals surface area contributed by atoms with Crippen LogP contribution in [-0.2, 0) is 15.6 Å². The standard InChI is InChI=1S/C22H26O2/c1-16-14-17(10-11-19(16)21(2,3)4)20(23)24-15-22(12-13-22)18-8-6-5-7-9-18/h5-11,14H,12-13,15H2,1-4H3. The van der Waals surface area contributed by atoms with E-state index in [4.69, 9.17) is 4.74 Å². The maximum atomic E-state index is 12.4. The van der Waals surface area contributed by atoms with Crippen molar-refractivity contribution in [2.45, 2.75) is 51.4 Å².